The summed E-state index contributed by atoms with van der Waals surface area (Å²) in [5.41, 5.74) is 1.84. The Bertz CT molecular complexity index is 616. The normalized spacial score (nSPS) is 12.7. The van der Waals surface area contributed by atoms with E-state index in [1.807, 2.05) is 48.1 Å². The quantitative estimate of drug-likeness (QED) is 0.790. The molecule has 2 aromatic rings. The summed E-state index contributed by atoms with van der Waals surface area (Å²) in [6.45, 7) is 0.279. The van der Waals surface area contributed by atoms with Crippen LogP contribution in [0.1, 0.15) is 22.5 Å². The van der Waals surface area contributed by atoms with E-state index in [1.54, 1.807) is 0 Å². The predicted octanol–water partition coefficient (Wildman–Crippen LogP) is 2.57. The van der Waals surface area contributed by atoms with Crippen LogP contribution in [0.15, 0.2) is 36.5 Å². The van der Waals surface area contributed by atoms with Gasteiger partial charge in [-0.25, -0.2) is 0 Å². The average molecular weight is 257 g/mol. The van der Waals surface area contributed by atoms with Crippen LogP contribution in [0.4, 0.5) is 0 Å². The fourth-order valence-electron chi connectivity index (χ4n) is 2.23. The molecule has 2 heterocycles. The van der Waals surface area contributed by atoms with E-state index in [1.165, 1.54) is 0 Å². The van der Waals surface area contributed by atoms with E-state index in [2.05, 4.69) is 0 Å². The Kier molecular flexibility index (Phi) is 2.99. The minimum Gasteiger partial charge on any atom is -0.454 e. The van der Waals surface area contributed by atoms with Gasteiger partial charge in [-0.15, -0.1) is 0 Å². The van der Waals surface area contributed by atoms with Gasteiger partial charge in [0.1, 0.15) is 0 Å². The first-order chi connectivity index (χ1) is 9.24. The van der Waals surface area contributed by atoms with Crippen LogP contribution in [-0.2, 0) is 13.5 Å². The average Bonchev–Trinajstić information content (AvgIpc) is 3.03. The number of carbonyl (C=O) groups excluding carboxylic acids is 1. The molecule has 0 spiro atoms. The Balaban J connectivity index is 1.66. The van der Waals surface area contributed by atoms with E-state index in [9.17, 15) is 4.79 Å². The number of ketones is 1. The third kappa shape index (κ3) is 2.34. The summed E-state index contributed by atoms with van der Waals surface area (Å²) in [7, 11) is 1.88. The highest BCUT2D eigenvalue weighted by molar-refractivity contribution is 5.94. The number of carbonyl (C=O) groups is 1. The minimum absolute atomic E-state index is 0.158. The number of ether oxygens (including phenoxy) is 2. The summed E-state index contributed by atoms with van der Waals surface area (Å²) in [5.74, 6) is 1.70. The molecule has 3 rings (SSSR count). The molecule has 98 valence electrons. The van der Waals surface area contributed by atoms with Crippen molar-refractivity contribution >= 4 is 5.78 Å². The van der Waals surface area contributed by atoms with Gasteiger partial charge in [-0.2, -0.15) is 0 Å². The maximum Gasteiger partial charge on any atom is 0.231 e. The highest BCUT2D eigenvalue weighted by Gasteiger charge is 2.14. The first-order valence-corrected chi connectivity index (χ1v) is 6.27. The maximum atomic E-state index is 12.1. The number of rotatable bonds is 4. The van der Waals surface area contributed by atoms with Crippen molar-refractivity contribution in [2.24, 2.45) is 7.05 Å². The molecule has 4 heteroatoms. The molecule has 0 radical (unpaired) electrons. The second-order valence-corrected chi connectivity index (χ2v) is 4.62. The monoisotopic (exact) mass is 257 g/mol. The number of fused-ring (bicyclic) bond motifs is 1. The van der Waals surface area contributed by atoms with Crippen molar-refractivity contribution < 1.29 is 14.3 Å². The Hall–Kier alpha value is -2.23. The van der Waals surface area contributed by atoms with Crippen LogP contribution in [0, 0.1) is 0 Å². The van der Waals surface area contributed by atoms with Gasteiger partial charge in [-0.05, 0) is 36.2 Å². The molecule has 0 N–H and O–H groups in total. The number of hydrogen-bond acceptors (Lipinski definition) is 3. The second kappa shape index (κ2) is 4.80. The number of Topliss-reactive ketones (excluding diaryl/α,β-unsaturated/α-hetero) is 1. The van der Waals surface area contributed by atoms with E-state index in [0.717, 1.165) is 22.8 Å². The fourth-order valence-corrected chi connectivity index (χ4v) is 2.23. The summed E-state index contributed by atoms with van der Waals surface area (Å²) in [6, 6.07) is 9.55. The van der Waals surface area contributed by atoms with E-state index in [4.69, 9.17) is 9.47 Å². The fraction of sp³-hybridized carbons (Fsp3) is 0.267. The third-order valence-corrected chi connectivity index (χ3v) is 3.31. The van der Waals surface area contributed by atoms with E-state index < -0.39 is 0 Å². The molecular weight excluding hydrogens is 242 g/mol. The van der Waals surface area contributed by atoms with Gasteiger partial charge < -0.3 is 14.0 Å². The third-order valence-electron chi connectivity index (χ3n) is 3.31. The molecule has 0 fully saturated rings. The molecule has 19 heavy (non-hydrogen) atoms. The number of nitrogens with zero attached hydrogens (tertiary/aromatic N) is 1. The smallest absolute Gasteiger partial charge is 0.231 e. The first-order valence-electron chi connectivity index (χ1n) is 6.27. The number of benzene rings is 1. The molecule has 0 unspecified atom stereocenters. The van der Waals surface area contributed by atoms with Gasteiger partial charge in [0.15, 0.2) is 17.3 Å². The second-order valence-electron chi connectivity index (χ2n) is 4.62. The SMILES string of the molecule is Cn1cccc1C(=O)CCc1ccc2c(c1)OCO2. The van der Waals surface area contributed by atoms with Crippen LogP contribution in [0.25, 0.3) is 0 Å². The van der Waals surface area contributed by atoms with Crippen LogP contribution in [0.2, 0.25) is 0 Å². The van der Waals surface area contributed by atoms with Crippen LogP contribution < -0.4 is 9.47 Å². The van der Waals surface area contributed by atoms with Crippen molar-refractivity contribution in [3.63, 3.8) is 0 Å². The molecule has 0 atom stereocenters. The van der Waals surface area contributed by atoms with Crippen LogP contribution in [0.5, 0.6) is 11.5 Å². The Morgan fingerprint density at radius 1 is 1.26 bits per heavy atom. The summed E-state index contributed by atoms with van der Waals surface area (Å²) in [6.07, 6.45) is 3.09. The Morgan fingerprint density at radius 2 is 2.11 bits per heavy atom. The zero-order valence-corrected chi connectivity index (χ0v) is 10.8. The van der Waals surface area contributed by atoms with Crippen molar-refractivity contribution in [3.8, 4) is 11.5 Å². The molecule has 1 aliphatic heterocycles. The van der Waals surface area contributed by atoms with Crippen molar-refractivity contribution in [2.45, 2.75) is 12.8 Å². The molecule has 0 saturated heterocycles. The summed E-state index contributed by atoms with van der Waals surface area (Å²) >= 11 is 0. The molecular formula is C15H15NO3. The lowest BCUT2D eigenvalue weighted by molar-refractivity contribution is 0.0975. The summed E-state index contributed by atoms with van der Waals surface area (Å²) in [5, 5.41) is 0. The summed E-state index contributed by atoms with van der Waals surface area (Å²) in [4.78, 5) is 12.1. The van der Waals surface area contributed by atoms with Crippen LogP contribution in [-0.4, -0.2) is 17.1 Å². The zero-order valence-electron chi connectivity index (χ0n) is 10.8. The van der Waals surface area contributed by atoms with Crippen molar-refractivity contribution in [3.05, 3.63) is 47.8 Å². The molecule has 0 aliphatic carbocycles. The molecule has 0 bridgehead atoms. The standard InChI is InChI=1S/C15H15NO3/c1-16-8-2-3-12(16)13(17)6-4-11-5-7-14-15(9-11)19-10-18-14/h2-3,5,7-9H,4,6,10H2,1H3. The molecule has 1 aliphatic rings. The van der Waals surface area contributed by atoms with E-state index in [-0.39, 0.29) is 12.6 Å². The topological polar surface area (TPSA) is 40.5 Å². The Labute approximate surface area is 111 Å². The zero-order chi connectivity index (χ0) is 13.2. The van der Waals surface area contributed by atoms with Gasteiger partial charge in [0.2, 0.25) is 6.79 Å². The van der Waals surface area contributed by atoms with Gasteiger partial charge in [0, 0.05) is 19.7 Å². The van der Waals surface area contributed by atoms with E-state index >= 15 is 0 Å². The molecule has 1 aromatic heterocycles. The van der Waals surface area contributed by atoms with Crippen LogP contribution >= 0.6 is 0 Å². The van der Waals surface area contributed by atoms with Gasteiger partial charge in [0.05, 0.1) is 5.69 Å². The van der Waals surface area contributed by atoms with Crippen molar-refractivity contribution in [1.82, 2.24) is 4.57 Å². The van der Waals surface area contributed by atoms with Crippen LogP contribution in [0.3, 0.4) is 0 Å². The first kappa shape index (κ1) is 11.8. The van der Waals surface area contributed by atoms with Gasteiger partial charge >= 0.3 is 0 Å². The summed E-state index contributed by atoms with van der Waals surface area (Å²) < 4.78 is 12.4. The minimum atomic E-state index is 0.158. The van der Waals surface area contributed by atoms with Crippen molar-refractivity contribution in [2.75, 3.05) is 6.79 Å². The lowest BCUT2D eigenvalue weighted by atomic mass is 10.1. The van der Waals surface area contributed by atoms with E-state index in [0.29, 0.717) is 12.8 Å². The highest BCUT2D eigenvalue weighted by Crippen LogP contribution is 2.32. The largest absolute Gasteiger partial charge is 0.454 e. The van der Waals surface area contributed by atoms with Gasteiger partial charge in [-0.1, -0.05) is 6.07 Å². The highest BCUT2D eigenvalue weighted by atomic mass is 16.7. The van der Waals surface area contributed by atoms with Crippen molar-refractivity contribution in [1.29, 1.82) is 0 Å². The maximum absolute atomic E-state index is 12.1. The molecule has 4 nitrogen and oxygen atoms in total. The lowest BCUT2D eigenvalue weighted by Gasteiger charge is -2.04. The number of hydrogen-bond donors (Lipinski definition) is 0. The van der Waals surface area contributed by atoms with Gasteiger partial charge in [0.25, 0.3) is 0 Å². The molecule has 1 aromatic carbocycles. The lowest BCUT2D eigenvalue weighted by Crippen LogP contribution is -2.06. The number of aromatic nitrogens is 1. The molecule has 0 amide bonds. The predicted molar refractivity (Wildman–Crippen MR) is 70.6 cm³/mol. The van der Waals surface area contributed by atoms with Gasteiger partial charge in [-0.3, -0.25) is 4.79 Å². The Morgan fingerprint density at radius 3 is 2.89 bits per heavy atom. The molecule has 0 saturated carbocycles. The number of aryl methyl sites for hydroxylation is 2.